The highest BCUT2D eigenvalue weighted by Gasteiger charge is 2.42. The lowest BCUT2D eigenvalue weighted by atomic mass is 9.99. The highest BCUT2D eigenvalue weighted by Crippen LogP contribution is 2.43. The van der Waals surface area contributed by atoms with Crippen molar-refractivity contribution in [3.8, 4) is 0 Å². The van der Waals surface area contributed by atoms with Crippen molar-refractivity contribution in [2.75, 3.05) is 37.4 Å². The zero-order valence-electron chi connectivity index (χ0n) is 12.1. The number of nitrogens with two attached hydrogens (primary N) is 1. The molecule has 6 nitrogen and oxygen atoms in total. The van der Waals surface area contributed by atoms with Gasteiger partial charge in [0.2, 0.25) is 0 Å². The molecule has 0 spiro atoms. The Morgan fingerprint density at radius 1 is 1.43 bits per heavy atom. The van der Waals surface area contributed by atoms with Gasteiger partial charge in [0, 0.05) is 20.2 Å². The van der Waals surface area contributed by atoms with Crippen molar-refractivity contribution in [2.45, 2.75) is 35.8 Å². The summed E-state index contributed by atoms with van der Waals surface area (Å²) >= 11 is 1.21. The fourth-order valence-electron chi connectivity index (χ4n) is 2.92. The first-order chi connectivity index (χ1) is 10.0. The lowest BCUT2D eigenvalue weighted by molar-refractivity contribution is 0.143. The molecular weight excluding hydrogens is 310 g/mol. The minimum absolute atomic E-state index is 0.163. The average Bonchev–Trinajstić information content (AvgIpc) is 3.23. The molecule has 2 N–H and O–H groups in total. The van der Waals surface area contributed by atoms with E-state index in [4.69, 9.17) is 10.5 Å². The molecule has 2 fully saturated rings. The summed E-state index contributed by atoms with van der Waals surface area (Å²) in [5, 5.41) is 0.467. The van der Waals surface area contributed by atoms with Crippen molar-refractivity contribution >= 4 is 32.2 Å². The maximum atomic E-state index is 12.6. The molecule has 0 amide bonds. The number of sulfone groups is 1. The number of aromatic nitrogens is 1. The van der Waals surface area contributed by atoms with E-state index in [2.05, 4.69) is 9.27 Å². The van der Waals surface area contributed by atoms with Gasteiger partial charge in [-0.2, -0.15) is 4.37 Å². The summed E-state index contributed by atoms with van der Waals surface area (Å²) < 4.78 is 34.5. The molecule has 3 rings (SSSR count). The Morgan fingerprint density at radius 3 is 2.86 bits per heavy atom. The van der Waals surface area contributed by atoms with E-state index in [1.807, 2.05) is 0 Å². The summed E-state index contributed by atoms with van der Waals surface area (Å²) in [7, 11) is -1.61. The summed E-state index contributed by atoms with van der Waals surface area (Å²) in [5.41, 5.74) is 5.86. The maximum Gasteiger partial charge on any atom is 0.187 e. The van der Waals surface area contributed by atoms with Gasteiger partial charge in [-0.3, -0.25) is 0 Å². The number of hydrogen-bond acceptors (Lipinski definition) is 7. The molecule has 1 aromatic rings. The van der Waals surface area contributed by atoms with Crippen LogP contribution in [0.1, 0.15) is 25.7 Å². The summed E-state index contributed by atoms with van der Waals surface area (Å²) in [6.45, 7) is 2.37. The average molecular weight is 331 g/mol. The number of methoxy groups -OCH3 is 1. The summed E-state index contributed by atoms with van der Waals surface area (Å²) in [6.07, 6.45) is 3.63. The van der Waals surface area contributed by atoms with Crippen LogP contribution in [0, 0.1) is 5.92 Å². The van der Waals surface area contributed by atoms with Gasteiger partial charge >= 0.3 is 0 Å². The second-order valence-corrected chi connectivity index (χ2v) is 8.77. The van der Waals surface area contributed by atoms with Crippen LogP contribution in [0.3, 0.4) is 0 Å². The molecule has 0 bridgehead atoms. The summed E-state index contributed by atoms with van der Waals surface area (Å²) in [6, 6.07) is 0. The van der Waals surface area contributed by atoms with Crippen LogP contribution in [0.5, 0.6) is 0 Å². The minimum atomic E-state index is -3.31. The van der Waals surface area contributed by atoms with Crippen LogP contribution in [-0.2, 0) is 14.6 Å². The summed E-state index contributed by atoms with van der Waals surface area (Å²) in [4.78, 5) is 2.39. The molecule has 0 aromatic carbocycles. The molecule has 1 atom stereocenters. The number of anilines is 2. The predicted octanol–water partition coefficient (Wildman–Crippen LogP) is 1.52. The molecule has 1 aliphatic carbocycles. The Morgan fingerprint density at radius 2 is 2.19 bits per heavy atom. The maximum absolute atomic E-state index is 12.6. The normalized spacial score (nSPS) is 23.5. The Bertz CT molecular complexity index is 608. The molecule has 0 radical (unpaired) electrons. The van der Waals surface area contributed by atoms with E-state index in [0.29, 0.717) is 12.5 Å². The molecule has 8 heteroatoms. The first-order valence-corrected chi connectivity index (χ1v) is 9.59. The third-order valence-corrected chi connectivity index (χ3v) is 7.49. The van der Waals surface area contributed by atoms with Crippen molar-refractivity contribution in [1.82, 2.24) is 4.37 Å². The van der Waals surface area contributed by atoms with Crippen LogP contribution in [-0.4, -0.2) is 44.8 Å². The van der Waals surface area contributed by atoms with Crippen molar-refractivity contribution in [1.29, 1.82) is 0 Å². The second-order valence-electron chi connectivity index (χ2n) is 5.86. The van der Waals surface area contributed by atoms with E-state index in [9.17, 15) is 8.42 Å². The minimum Gasteiger partial charge on any atom is -0.384 e. The molecule has 21 heavy (non-hydrogen) atoms. The Balaban J connectivity index is 1.89. The zero-order chi connectivity index (χ0) is 15.0. The predicted molar refractivity (Wildman–Crippen MR) is 83.5 cm³/mol. The highest BCUT2D eigenvalue weighted by molar-refractivity contribution is 7.92. The van der Waals surface area contributed by atoms with Gasteiger partial charge in [-0.1, -0.05) is 0 Å². The van der Waals surface area contributed by atoms with Gasteiger partial charge in [-0.05, 0) is 43.1 Å². The lowest BCUT2D eigenvalue weighted by Crippen LogP contribution is -2.37. The van der Waals surface area contributed by atoms with E-state index in [-0.39, 0.29) is 16.0 Å². The fraction of sp³-hybridized carbons (Fsp3) is 0.769. The van der Waals surface area contributed by atoms with Crippen LogP contribution in [0.15, 0.2) is 4.90 Å². The van der Waals surface area contributed by atoms with Crippen molar-refractivity contribution in [2.24, 2.45) is 5.92 Å². The van der Waals surface area contributed by atoms with E-state index in [0.717, 1.165) is 43.8 Å². The highest BCUT2D eigenvalue weighted by atomic mass is 32.2. The molecule has 1 saturated heterocycles. The quantitative estimate of drug-likeness (QED) is 0.880. The molecule has 1 aliphatic heterocycles. The molecule has 118 valence electrons. The van der Waals surface area contributed by atoms with E-state index >= 15 is 0 Å². The first-order valence-electron chi connectivity index (χ1n) is 7.27. The topological polar surface area (TPSA) is 85.5 Å². The second kappa shape index (κ2) is 5.73. The van der Waals surface area contributed by atoms with Crippen molar-refractivity contribution in [3.05, 3.63) is 0 Å². The molecular formula is C13H21N3O3S2. The van der Waals surface area contributed by atoms with Crippen LogP contribution in [0.25, 0.3) is 0 Å². The van der Waals surface area contributed by atoms with Crippen LogP contribution in [0.2, 0.25) is 0 Å². The van der Waals surface area contributed by atoms with Crippen LogP contribution in [0.4, 0.5) is 10.8 Å². The fourth-order valence-corrected chi connectivity index (χ4v) is 5.98. The smallest absolute Gasteiger partial charge is 0.187 e. The van der Waals surface area contributed by atoms with Gasteiger partial charge in [-0.15, -0.1) is 0 Å². The molecule has 1 unspecified atom stereocenters. The number of nitrogens with zero attached hydrogens (tertiary/aromatic N) is 2. The third kappa shape index (κ3) is 2.89. The zero-order valence-corrected chi connectivity index (χ0v) is 13.8. The Kier molecular flexibility index (Phi) is 4.11. The van der Waals surface area contributed by atoms with Crippen LogP contribution < -0.4 is 10.6 Å². The van der Waals surface area contributed by atoms with E-state index in [1.165, 1.54) is 11.5 Å². The Hall–Kier alpha value is -0.860. The monoisotopic (exact) mass is 331 g/mol. The molecule has 2 heterocycles. The van der Waals surface area contributed by atoms with Gasteiger partial charge in [0.1, 0.15) is 9.90 Å². The van der Waals surface area contributed by atoms with Gasteiger partial charge in [0.15, 0.2) is 15.7 Å². The molecule has 1 saturated carbocycles. The number of hydrogen-bond donors (Lipinski definition) is 1. The van der Waals surface area contributed by atoms with Gasteiger partial charge in [0.05, 0.1) is 11.9 Å². The third-order valence-electron chi connectivity index (χ3n) is 4.11. The lowest BCUT2D eigenvalue weighted by Gasteiger charge is -2.33. The SMILES string of the molecule is COCC1CCCN(c2snc(N)c2S(=O)(=O)C2CC2)C1. The van der Waals surface area contributed by atoms with Crippen LogP contribution >= 0.6 is 11.5 Å². The van der Waals surface area contributed by atoms with Gasteiger partial charge < -0.3 is 15.4 Å². The molecule has 1 aromatic heterocycles. The molecule has 2 aliphatic rings. The van der Waals surface area contributed by atoms with E-state index in [1.54, 1.807) is 7.11 Å². The van der Waals surface area contributed by atoms with Gasteiger partial charge in [-0.25, -0.2) is 8.42 Å². The number of piperidine rings is 1. The van der Waals surface area contributed by atoms with Crippen molar-refractivity contribution in [3.63, 3.8) is 0 Å². The van der Waals surface area contributed by atoms with Gasteiger partial charge in [0.25, 0.3) is 0 Å². The number of ether oxygens (including phenoxy) is 1. The number of nitrogen functional groups attached to an aromatic ring is 1. The first kappa shape index (κ1) is 15.1. The van der Waals surface area contributed by atoms with Crippen molar-refractivity contribution < 1.29 is 13.2 Å². The van der Waals surface area contributed by atoms with E-state index < -0.39 is 9.84 Å². The largest absolute Gasteiger partial charge is 0.384 e. The standard InChI is InChI=1S/C13H21N3O3S2/c1-19-8-9-3-2-6-16(7-9)13-11(12(14)15-20-13)21(17,18)10-4-5-10/h9-10H,2-8H2,1H3,(H2,14,15). The number of rotatable bonds is 5. The Labute approximate surface area is 129 Å². The summed E-state index contributed by atoms with van der Waals surface area (Å²) in [5.74, 6) is 0.597.